The minimum Gasteiger partial charge on any atom is -0.126 e. The fraction of sp³-hybridized carbons (Fsp3) is 1.00. The predicted molar refractivity (Wildman–Crippen MR) is 60.3 cm³/mol. The summed E-state index contributed by atoms with van der Waals surface area (Å²) in [7, 11) is 0. The topological polar surface area (TPSA) is 0 Å². The van der Waals surface area contributed by atoms with Gasteiger partial charge in [-0.2, -0.15) is 0 Å². The monoisotopic (exact) mass is 202 g/mol. The van der Waals surface area contributed by atoms with E-state index in [4.69, 9.17) is 11.6 Å². The molecule has 1 heteroatoms. The molecule has 1 saturated carbocycles. The second-order valence-electron chi connectivity index (χ2n) is 5.13. The Morgan fingerprint density at radius 3 is 2.31 bits per heavy atom. The van der Waals surface area contributed by atoms with E-state index < -0.39 is 0 Å². The van der Waals surface area contributed by atoms with Gasteiger partial charge in [-0.05, 0) is 30.6 Å². The summed E-state index contributed by atoms with van der Waals surface area (Å²) in [6.45, 7) is 4.62. The normalized spacial score (nSPS) is 21.2. The first-order chi connectivity index (χ1) is 6.18. The van der Waals surface area contributed by atoms with Crippen molar-refractivity contribution in [3.63, 3.8) is 0 Å². The Hall–Kier alpha value is 0.290. The summed E-state index contributed by atoms with van der Waals surface area (Å²) in [5, 5.41) is 0. The van der Waals surface area contributed by atoms with Crippen molar-refractivity contribution in [2.24, 2.45) is 11.3 Å². The van der Waals surface area contributed by atoms with Crippen molar-refractivity contribution in [2.45, 2.75) is 58.8 Å². The summed E-state index contributed by atoms with van der Waals surface area (Å²) >= 11 is 6.08. The van der Waals surface area contributed by atoms with Gasteiger partial charge in [0.25, 0.3) is 0 Å². The van der Waals surface area contributed by atoms with Gasteiger partial charge in [-0.25, -0.2) is 0 Å². The SMILES string of the molecule is CC(C)CCCC1(CCl)CCCC1. The average Bonchev–Trinajstić information content (AvgIpc) is 2.53. The zero-order chi connectivity index (χ0) is 9.73. The molecule has 13 heavy (non-hydrogen) atoms. The smallest absolute Gasteiger partial charge is 0.0279 e. The lowest BCUT2D eigenvalue weighted by molar-refractivity contribution is 0.294. The van der Waals surface area contributed by atoms with E-state index in [1.807, 2.05) is 0 Å². The maximum absolute atomic E-state index is 6.08. The number of alkyl halides is 1. The molecule has 0 amide bonds. The molecule has 0 radical (unpaired) electrons. The third-order valence-electron chi connectivity index (χ3n) is 3.44. The zero-order valence-corrected chi connectivity index (χ0v) is 9.87. The molecule has 78 valence electrons. The van der Waals surface area contributed by atoms with E-state index in [1.165, 1.54) is 44.9 Å². The number of hydrogen-bond donors (Lipinski definition) is 0. The second-order valence-corrected chi connectivity index (χ2v) is 5.39. The molecule has 0 heterocycles. The lowest BCUT2D eigenvalue weighted by atomic mass is 9.82. The van der Waals surface area contributed by atoms with Gasteiger partial charge in [-0.3, -0.25) is 0 Å². The van der Waals surface area contributed by atoms with Crippen molar-refractivity contribution in [2.75, 3.05) is 5.88 Å². The van der Waals surface area contributed by atoms with Gasteiger partial charge in [-0.1, -0.05) is 39.5 Å². The van der Waals surface area contributed by atoms with Crippen LogP contribution < -0.4 is 0 Å². The van der Waals surface area contributed by atoms with E-state index in [2.05, 4.69) is 13.8 Å². The fourth-order valence-electron chi connectivity index (χ4n) is 2.46. The minimum atomic E-state index is 0.538. The molecule has 1 rings (SSSR count). The van der Waals surface area contributed by atoms with Crippen molar-refractivity contribution in [1.29, 1.82) is 0 Å². The van der Waals surface area contributed by atoms with Crippen LogP contribution in [0.25, 0.3) is 0 Å². The van der Waals surface area contributed by atoms with Crippen molar-refractivity contribution >= 4 is 11.6 Å². The summed E-state index contributed by atoms with van der Waals surface area (Å²) in [5.74, 6) is 1.75. The molecule has 0 N–H and O–H groups in total. The Balaban J connectivity index is 2.23. The minimum absolute atomic E-state index is 0.538. The highest BCUT2D eigenvalue weighted by molar-refractivity contribution is 6.18. The van der Waals surface area contributed by atoms with E-state index in [9.17, 15) is 0 Å². The van der Waals surface area contributed by atoms with Crippen LogP contribution in [0, 0.1) is 11.3 Å². The maximum Gasteiger partial charge on any atom is 0.0279 e. The van der Waals surface area contributed by atoms with E-state index in [1.54, 1.807) is 0 Å². The van der Waals surface area contributed by atoms with Crippen LogP contribution >= 0.6 is 11.6 Å². The van der Waals surface area contributed by atoms with E-state index in [0.717, 1.165) is 11.8 Å². The van der Waals surface area contributed by atoms with Gasteiger partial charge < -0.3 is 0 Å². The van der Waals surface area contributed by atoms with Crippen LogP contribution in [0.1, 0.15) is 58.8 Å². The van der Waals surface area contributed by atoms with Crippen LogP contribution in [0.4, 0.5) is 0 Å². The third-order valence-corrected chi connectivity index (χ3v) is 4.00. The molecule has 0 spiro atoms. The largest absolute Gasteiger partial charge is 0.126 e. The van der Waals surface area contributed by atoms with Crippen molar-refractivity contribution < 1.29 is 0 Å². The average molecular weight is 203 g/mol. The Bertz CT molecular complexity index is 134. The van der Waals surface area contributed by atoms with Crippen LogP contribution in [0.5, 0.6) is 0 Å². The first-order valence-corrected chi connectivity index (χ1v) is 6.28. The molecular formula is C12H23Cl. The van der Waals surface area contributed by atoms with E-state index >= 15 is 0 Å². The van der Waals surface area contributed by atoms with Gasteiger partial charge >= 0.3 is 0 Å². The maximum atomic E-state index is 6.08. The predicted octanol–water partition coefficient (Wildman–Crippen LogP) is 4.61. The van der Waals surface area contributed by atoms with Crippen molar-refractivity contribution in [3.05, 3.63) is 0 Å². The molecule has 0 bridgehead atoms. The Morgan fingerprint density at radius 1 is 1.23 bits per heavy atom. The molecule has 0 aromatic carbocycles. The summed E-state index contributed by atoms with van der Waals surface area (Å²) < 4.78 is 0. The second kappa shape index (κ2) is 5.24. The summed E-state index contributed by atoms with van der Waals surface area (Å²) in [4.78, 5) is 0. The third kappa shape index (κ3) is 3.50. The van der Waals surface area contributed by atoms with Crippen molar-refractivity contribution in [3.8, 4) is 0 Å². The molecule has 0 atom stereocenters. The first-order valence-electron chi connectivity index (χ1n) is 5.74. The van der Waals surface area contributed by atoms with Gasteiger partial charge in [0, 0.05) is 5.88 Å². The summed E-state index contributed by atoms with van der Waals surface area (Å²) in [6, 6.07) is 0. The molecule has 0 aliphatic heterocycles. The molecule has 1 aliphatic carbocycles. The number of rotatable bonds is 5. The van der Waals surface area contributed by atoms with Crippen LogP contribution in [-0.4, -0.2) is 5.88 Å². The number of halogens is 1. The Kier molecular flexibility index (Phi) is 4.58. The van der Waals surface area contributed by atoms with Crippen LogP contribution in [0.3, 0.4) is 0 Å². The van der Waals surface area contributed by atoms with Gasteiger partial charge in [0.1, 0.15) is 0 Å². The lowest BCUT2D eigenvalue weighted by Crippen LogP contribution is -2.18. The zero-order valence-electron chi connectivity index (χ0n) is 9.11. The van der Waals surface area contributed by atoms with Crippen molar-refractivity contribution in [1.82, 2.24) is 0 Å². The summed E-state index contributed by atoms with van der Waals surface area (Å²) in [5.41, 5.74) is 0.538. The quantitative estimate of drug-likeness (QED) is 0.571. The van der Waals surface area contributed by atoms with Crippen LogP contribution in [0.15, 0.2) is 0 Å². The number of hydrogen-bond acceptors (Lipinski definition) is 0. The highest BCUT2D eigenvalue weighted by Gasteiger charge is 2.32. The van der Waals surface area contributed by atoms with Gasteiger partial charge in [0.15, 0.2) is 0 Å². The summed E-state index contributed by atoms with van der Waals surface area (Å²) in [6.07, 6.45) is 9.71. The molecule has 0 unspecified atom stereocenters. The van der Waals surface area contributed by atoms with E-state index in [-0.39, 0.29) is 0 Å². The Labute approximate surface area is 88.1 Å². The van der Waals surface area contributed by atoms with Gasteiger partial charge in [0.05, 0.1) is 0 Å². The Morgan fingerprint density at radius 2 is 1.85 bits per heavy atom. The highest BCUT2D eigenvalue weighted by atomic mass is 35.5. The highest BCUT2D eigenvalue weighted by Crippen LogP contribution is 2.43. The van der Waals surface area contributed by atoms with Crippen LogP contribution in [-0.2, 0) is 0 Å². The molecule has 1 aliphatic rings. The van der Waals surface area contributed by atoms with E-state index in [0.29, 0.717) is 5.41 Å². The van der Waals surface area contributed by atoms with Gasteiger partial charge in [0.2, 0.25) is 0 Å². The first kappa shape index (κ1) is 11.4. The molecular weight excluding hydrogens is 180 g/mol. The lowest BCUT2D eigenvalue weighted by Gasteiger charge is -2.26. The molecule has 0 nitrogen and oxygen atoms in total. The van der Waals surface area contributed by atoms with Crippen LogP contribution in [0.2, 0.25) is 0 Å². The fourth-order valence-corrected chi connectivity index (χ4v) is 2.86. The molecule has 0 aromatic rings. The standard InChI is InChI=1S/C12H23Cl/c1-11(2)6-5-9-12(10-13)7-3-4-8-12/h11H,3-10H2,1-2H3. The van der Waals surface area contributed by atoms with Gasteiger partial charge in [-0.15, -0.1) is 11.6 Å². The molecule has 1 fully saturated rings. The molecule has 0 saturated heterocycles. The molecule has 0 aromatic heterocycles.